The molecule has 0 aliphatic carbocycles. The number of nitrogens with zero attached hydrogens (tertiary/aromatic N) is 2. The lowest BCUT2D eigenvalue weighted by molar-refractivity contribution is -0.274. The number of hydrogen-bond acceptors (Lipinski definition) is 5. The van der Waals surface area contributed by atoms with Gasteiger partial charge in [-0.2, -0.15) is 0 Å². The van der Waals surface area contributed by atoms with Gasteiger partial charge >= 0.3 is 6.36 Å². The predicted octanol–water partition coefficient (Wildman–Crippen LogP) is 3.59. The zero-order chi connectivity index (χ0) is 18.7. The summed E-state index contributed by atoms with van der Waals surface area (Å²) in [7, 11) is 0. The molecule has 1 amide bonds. The van der Waals surface area contributed by atoms with Gasteiger partial charge in [-0.3, -0.25) is 4.79 Å². The molecule has 0 bridgehead atoms. The molecule has 0 radical (unpaired) electrons. The molecule has 2 heterocycles. The molecule has 0 saturated carbocycles. The fraction of sp³-hybridized carbons (Fsp3) is 0.118. The van der Waals surface area contributed by atoms with E-state index in [-0.39, 0.29) is 18.2 Å². The van der Waals surface area contributed by atoms with Crippen LogP contribution < -0.4 is 10.1 Å². The summed E-state index contributed by atoms with van der Waals surface area (Å²) in [5, 5.41) is 2.56. The molecule has 134 valence electrons. The Hall–Kier alpha value is -3.36. The average Bonchev–Trinajstić information content (AvgIpc) is 3.06. The van der Waals surface area contributed by atoms with Crippen molar-refractivity contribution in [2.45, 2.75) is 12.9 Å². The smallest absolute Gasteiger partial charge is 0.460 e. The van der Waals surface area contributed by atoms with Crippen LogP contribution in [0.25, 0.3) is 22.4 Å². The summed E-state index contributed by atoms with van der Waals surface area (Å²) in [6.07, 6.45) is -2.21. The van der Waals surface area contributed by atoms with Crippen molar-refractivity contribution in [1.82, 2.24) is 15.3 Å². The predicted molar refractivity (Wildman–Crippen MR) is 86.0 cm³/mol. The van der Waals surface area contributed by atoms with Gasteiger partial charge in [0.2, 0.25) is 5.91 Å². The zero-order valence-electron chi connectivity index (χ0n) is 13.2. The first kappa shape index (κ1) is 17.5. The number of alkyl halides is 3. The topological polar surface area (TPSA) is 77.2 Å². The van der Waals surface area contributed by atoms with Crippen LogP contribution in [0.3, 0.4) is 0 Å². The number of benzene rings is 1. The second kappa shape index (κ2) is 6.87. The van der Waals surface area contributed by atoms with E-state index in [9.17, 15) is 18.0 Å². The van der Waals surface area contributed by atoms with E-state index in [1.165, 1.54) is 30.5 Å². The van der Waals surface area contributed by atoms with E-state index in [0.717, 1.165) is 6.08 Å². The lowest BCUT2D eigenvalue weighted by atomic mass is 10.1. The van der Waals surface area contributed by atoms with Crippen molar-refractivity contribution >= 4 is 17.0 Å². The van der Waals surface area contributed by atoms with Crippen molar-refractivity contribution in [1.29, 1.82) is 0 Å². The number of rotatable bonds is 5. The number of carbonyl (C=O) groups is 1. The average molecular weight is 363 g/mol. The van der Waals surface area contributed by atoms with Crippen LogP contribution in [0.15, 0.2) is 53.7 Å². The summed E-state index contributed by atoms with van der Waals surface area (Å²) < 4.78 is 46.0. The van der Waals surface area contributed by atoms with Gasteiger partial charge in [0, 0.05) is 11.6 Å². The summed E-state index contributed by atoms with van der Waals surface area (Å²) in [5.74, 6) is -0.403. The highest BCUT2D eigenvalue weighted by Gasteiger charge is 2.31. The molecule has 1 aromatic carbocycles. The van der Waals surface area contributed by atoms with Gasteiger partial charge in [-0.25, -0.2) is 9.97 Å². The minimum absolute atomic E-state index is 0.0637. The van der Waals surface area contributed by atoms with Crippen LogP contribution >= 0.6 is 0 Å². The maximum Gasteiger partial charge on any atom is 0.573 e. The number of amides is 1. The first-order valence-corrected chi connectivity index (χ1v) is 7.36. The molecule has 1 N–H and O–H groups in total. The van der Waals surface area contributed by atoms with Crippen LogP contribution in [0.5, 0.6) is 5.75 Å². The normalized spacial score (nSPS) is 11.3. The summed E-state index contributed by atoms with van der Waals surface area (Å²) >= 11 is 0. The molecule has 0 saturated heterocycles. The highest BCUT2D eigenvalue weighted by molar-refractivity contribution is 5.88. The third-order valence-electron chi connectivity index (χ3n) is 3.32. The molecular weight excluding hydrogens is 351 g/mol. The fourth-order valence-electron chi connectivity index (χ4n) is 2.24. The first-order valence-electron chi connectivity index (χ1n) is 7.36. The Labute approximate surface area is 145 Å². The summed E-state index contributed by atoms with van der Waals surface area (Å²) in [6, 6.07) is 6.84. The Balaban J connectivity index is 1.94. The van der Waals surface area contributed by atoms with Gasteiger partial charge in [-0.05, 0) is 30.3 Å². The molecule has 0 atom stereocenters. The number of halogens is 3. The number of aromatic nitrogens is 2. The number of nitrogens with one attached hydrogen (secondary N) is 1. The van der Waals surface area contributed by atoms with E-state index in [1.54, 1.807) is 6.07 Å². The Morgan fingerprint density at radius 2 is 1.96 bits per heavy atom. The number of ether oxygens (including phenoxy) is 1. The highest BCUT2D eigenvalue weighted by Crippen LogP contribution is 2.30. The van der Waals surface area contributed by atoms with E-state index in [2.05, 4.69) is 26.6 Å². The lowest BCUT2D eigenvalue weighted by Crippen LogP contribution is -2.21. The van der Waals surface area contributed by atoms with Crippen molar-refractivity contribution in [3.63, 3.8) is 0 Å². The van der Waals surface area contributed by atoms with Gasteiger partial charge in [-0.15, -0.1) is 13.2 Å². The van der Waals surface area contributed by atoms with E-state index >= 15 is 0 Å². The second-order valence-corrected chi connectivity index (χ2v) is 5.12. The molecule has 0 aliphatic rings. The molecule has 0 fully saturated rings. The number of carbonyl (C=O) groups excluding carboxylic acids is 1. The number of furan rings is 1. The van der Waals surface area contributed by atoms with Gasteiger partial charge in [0.25, 0.3) is 0 Å². The van der Waals surface area contributed by atoms with Gasteiger partial charge in [-0.1, -0.05) is 6.58 Å². The molecule has 0 unspecified atom stereocenters. The molecule has 3 aromatic rings. The van der Waals surface area contributed by atoms with Crippen LogP contribution in [-0.4, -0.2) is 22.2 Å². The molecule has 3 rings (SSSR count). The van der Waals surface area contributed by atoms with Crippen LogP contribution in [0, 0.1) is 0 Å². The first-order chi connectivity index (χ1) is 12.4. The van der Waals surface area contributed by atoms with Crippen molar-refractivity contribution in [2.24, 2.45) is 0 Å². The maximum absolute atomic E-state index is 12.3. The van der Waals surface area contributed by atoms with Crippen molar-refractivity contribution in [3.8, 4) is 17.0 Å². The van der Waals surface area contributed by atoms with Crippen molar-refractivity contribution in [3.05, 3.63) is 55.1 Å². The van der Waals surface area contributed by atoms with Crippen LogP contribution in [-0.2, 0) is 11.3 Å². The zero-order valence-corrected chi connectivity index (χ0v) is 13.2. The van der Waals surface area contributed by atoms with E-state index in [0.29, 0.717) is 28.2 Å². The Bertz CT molecular complexity index is 949. The van der Waals surface area contributed by atoms with Gasteiger partial charge in [0.05, 0.1) is 12.8 Å². The van der Waals surface area contributed by atoms with E-state index in [1.807, 2.05) is 0 Å². The lowest BCUT2D eigenvalue weighted by Gasteiger charge is -2.10. The quantitative estimate of drug-likeness (QED) is 0.701. The minimum atomic E-state index is -4.76. The van der Waals surface area contributed by atoms with Gasteiger partial charge < -0.3 is 14.5 Å². The van der Waals surface area contributed by atoms with Crippen molar-refractivity contribution in [2.75, 3.05) is 0 Å². The monoisotopic (exact) mass is 363 g/mol. The SMILES string of the molecule is C=CC(=O)NCc1nc(-c2ccc(OC(F)(F)F)cc2)c2occc2n1. The third kappa shape index (κ3) is 4.00. The molecule has 26 heavy (non-hydrogen) atoms. The largest absolute Gasteiger partial charge is 0.573 e. The van der Waals surface area contributed by atoms with Gasteiger partial charge in [0.15, 0.2) is 5.58 Å². The Morgan fingerprint density at radius 3 is 2.62 bits per heavy atom. The molecule has 0 aliphatic heterocycles. The third-order valence-corrected chi connectivity index (χ3v) is 3.32. The molecule has 2 aromatic heterocycles. The number of fused-ring (bicyclic) bond motifs is 1. The summed E-state index contributed by atoms with van der Waals surface area (Å²) in [6.45, 7) is 3.42. The second-order valence-electron chi connectivity index (χ2n) is 5.12. The Morgan fingerprint density at radius 1 is 1.23 bits per heavy atom. The molecular formula is C17H12F3N3O3. The summed E-state index contributed by atoms with van der Waals surface area (Å²) in [4.78, 5) is 19.9. The number of hydrogen-bond donors (Lipinski definition) is 1. The van der Waals surface area contributed by atoms with Crippen LogP contribution in [0.4, 0.5) is 13.2 Å². The van der Waals surface area contributed by atoms with Crippen LogP contribution in [0.2, 0.25) is 0 Å². The van der Waals surface area contributed by atoms with Gasteiger partial charge in [0.1, 0.15) is 22.8 Å². The maximum atomic E-state index is 12.3. The van der Waals surface area contributed by atoms with E-state index in [4.69, 9.17) is 4.42 Å². The highest BCUT2D eigenvalue weighted by atomic mass is 19.4. The van der Waals surface area contributed by atoms with Crippen molar-refractivity contribution < 1.29 is 27.1 Å². The molecule has 9 heteroatoms. The minimum Gasteiger partial charge on any atom is -0.460 e. The molecule has 6 nitrogen and oxygen atoms in total. The fourth-order valence-corrected chi connectivity index (χ4v) is 2.24. The Kier molecular flexibility index (Phi) is 4.61. The molecule has 0 spiro atoms. The summed E-state index contributed by atoms with van der Waals surface area (Å²) in [5.41, 5.74) is 1.79. The van der Waals surface area contributed by atoms with Crippen LogP contribution in [0.1, 0.15) is 5.82 Å². The van der Waals surface area contributed by atoms with E-state index < -0.39 is 6.36 Å². The standard InChI is InChI=1S/C17H12F3N3O3/c1-2-14(24)21-9-13-22-12-7-8-25-16(12)15(23-13)10-3-5-11(6-4-10)26-17(18,19)20/h2-8H,1,9H2,(H,21,24).